The molecule has 9 heteroatoms. The second kappa shape index (κ2) is 8.02. The summed E-state index contributed by atoms with van der Waals surface area (Å²) in [4.78, 5) is 16.5. The third-order valence-electron chi connectivity index (χ3n) is 4.98. The number of nitrogens with zero attached hydrogens (tertiary/aromatic N) is 2. The second-order valence-electron chi connectivity index (χ2n) is 6.79. The molecule has 8 nitrogen and oxygen atoms in total. The van der Waals surface area contributed by atoms with Crippen LogP contribution in [0.1, 0.15) is 10.4 Å². The molecule has 0 spiro atoms. The maximum atomic E-state index is 13.0. The zero-order valence-electron chi connectivity index (χ0n) is 16.2. The van der Waals surface area contributed by atoms with Gasteiger partial charge >= 0.3 is 5.97 Å². The van der Waals surface area contributed by atoms with Crippen LogP contribution in [-0.4, -0.2) is 62.2 Å². The van der Waals surface area contributed by atoms with Crippen LogP contribution in [0.2, 0.25) is 0 Å². The monoisotopic (exact) mass is 428 g/mol. The number of sulfonamides is 1. The minimum Gasteiger partial charge on any atom is -0.497 e. The van der Waals surface area contributed by atoms with E-state index in [0.717, 1.165) is 0 Å². The molecule has 1 saturated heterocycles. The molecule has 2 heterocycles. The van der Waals surface area contributed by atoms with Crippen molar-refractivity contribution in [1.82, 2.24) is 9.29 Å². The normalized spacial score (nSPS) is 15.2. The molecule has 4 rings (SSSR count). The molecule has 30 heavy (non-hydrogen) atoms. The number of hydrogen-bond acceptors (Lipinski definition) is 6. The fourth-order valence-corrected chi connectivity index (χ4v) is 4.84. The standard InChI is InChI=1S/C21H20N2O6S/c1-28-15-4-2-3-14(11-15)20-13-18(21(24)25)17-12-16(5-6-19(17)22-20)30(26,27)23-7-9-29-10-8-23/h2-6,11-13H,7-10H2,1H3,(H,24,25). The number of rotatable bonds is 5. The van der Waals surface area contributed by atoms with Gasteiger partial charge in [0.15, 0.2) is 0 Å². The first-order valence-electron chi connectivity index (χ1n) is 9.30. The molecule has 1 fully saturated rings. The summed E-state index contributed by atoms with van der Waals surface area (Å²) >= 11 is 0. The van der Waals surface area contributed by atoms with E-state index in [0.29, 0.717) is 35.7 Å². The Morgan fingerprint density at radius 2 is 1.90 bits per heavy atom. The van der Waals surface area contributed by atoms with Crippen molar-refractivity contribution in [2.45, 2.75) is 4.90 Å². The first kappa shape index (κ1) is 20.3. The topological polar surface area (TPSA) is 106 Å². The van der Waals surface area contributed by atoms with E-state index in [1.165, 1.54) is 22.5 Å². The summed E-state index contributed by atoms with van der Waals surface area (Å²) in [7, 11) is -2.20. The molecule has 0 radical (unpaired) electrons. The Morgan fingerprint density at radius 3 is 2.60 bits per heavy atom. The van der Waals surface area contributed by atoms with Crippen LogP contribution in [0, 0.1) is 0 Å². The van der Waals surface area contributed by atoms with Crippen LogP contribution >= 0.6 is 0 Å². The number of carboxylic acid groups (broad SMARTS) is 1. The van der Waals surface area contributed by atoms with Gasteiger partial charge in [0.05, 0.1) is 42.0 Å². The third kappa shape index (κ3) is 3.74. The molecular formula is C21H20N2O6S. The van der Waals surface area contributed by atoms with Crippen LogP contribution in [-0.2, 0) is 14.8 Å². The summed E-state index contributed by atoms with van der Waals surface area (Å²) in [6.45, 7) is 1.19. The highest BCUT2D eigenvalue weighted by atomic mass is 32.2. The molecule has 0 saturated carbocycles. The second-order valence-corrected chi connectivity index (χ2v) is 8.73. The number of pyridine rings is 1. The van der Waals surface area contributed by atoms with E-state index in [1.807, 2.05) is 0 Å². The summed E-state index contributed by atoms with van der Waals surface area (Å²) in [5, 5.41) is 10.0. The predicted molar refractivity (Wildman–Crippen MR) is 110 cm³/mol. The van der Waals surface area contributed by atoms with Crippen molar-refractivity contribution in [1.29, 1.82) is 0 Å². The highest BCUT2D eigenvalue weighted by Crippen LogP contribution is 2.29. The lowest BCUT2D eigenvalue weighted by molar-refractivity contribution is 0.0699. The molecule has 156 valence electrons. The number of methoxy groups -OCH3 is 1. The van der Waals surface area contributed by atoms with Gasteiger partial charge in [0.1, 0.15) is 5.75 Å². The van der Waals surface area contributed by atoms with Crippen LogP contribution in [0.5, 0.6) is 5.75 Å². The van der Waals surface area contributed by atoms with Crippen molar-refractivity contribution in [2.24, 2.45) is 0 Å². The fraction of sp³-hybridized carbons (Fsp3) is 0.238. The molecular weight excluding hydrogens is 408 g/mol. The van der Waals surface area contributed by atoms with Crippen LogP contribution in [0.25, 0.3) is 22.2 Å². The number of carboxylic acids is 1. The van der Waals surface area contributed by atoms with Gasteiger partial charge in [0.2, 0.25) is 10.0 Å². The van der Waals surface area contributed by atoms with Crippen LogP contribution < -0.4 is 4.74 Å². The van der Waals surface area contributed by atoms with Gasteiger partial charge in [0.25, 0.3) is 0 Å². The molecule has 2 aromatic carbocycles. The van der Waals surface area contributed by atoms with Gasteiger partial charge in [-0.2, -0.15) is 4.31 Å². The van der Waals surface area contributed by atoms with E-state index in [1.54, 1.807) is 37.4 Å². The van der Waals surface area contributed by atoms with E-state index in [2.05, 4.69) is 4.98 Å². The van der Waals surface area contributed by atoms with E-state index in [-0.39, 0.29) is 28.9 Å². The molecule has 0 amide bonds. The van der Waals surface area contributed by atoms with Crippen LogP contribution in [0.3, 0.4) is 0 Å². The molecule has 1 aromatic heterocycles. The smallest absolute Gasteiger partial charge is 0.336 e. The highest BCUT2D eigenvalue weighted by Gasteiger charge is 2.27. The lowest BCUT2D eigenvalue weighted by atomic mass is 10.0. The predicted octanol–water partition coefficient (Wildman–Crippen LogP) is 2.63. The Kier molecular flexibility index (Phi) is 5.42. The highest BCUT2D eigenvalue weighted by molar-refractivity contribution is 7.89. The number of ether oxygens (including phenoxy) is 2. The summed E-state index contributed by atoms with van der Waals surface area (Å²) in [6.07, 6.45) is 0. The largest absolute Gasteiger partial charge is 0.497 e. The van der Waals surface area contributed by atoms with E-state index < -0.39 is 16.0 Å². The minimum atomic E-state index is -3.75. The molecule has 0 bridgehead atoms. The molecule has 0 unspecified atom stereocenters. The number of morpholine rings is 1. The van der Waals surface area contributed by atoms with Gasteiger partial charge in [-0.3, -0.25) is 0 Å². The number of fused-ring (bicyclic) bond motifs is 1. The summed E-state index contributed by atoms with van der Waals surface area (Å²) in [6, 6.07) is 13.0. The Morgan fingerprint density at radius 1 is 1.13 bits per heavy atom. The van der Waals surface area contributed by atoms with Crippen molar-refractivity contribution in [3.8, 4) is 17.0 Å². The number of carbonyl (C=O) groups is 1. The third-order valence-corrected chi connectivity index (χ3v) is 6.88. The van der Waals surface area contributed by atoms with Gasteiger partial charge in [-0.25, -0.2) is 18.2 Å². The first-order chi connectivity index (χ1) is 14.4. The van der Waals surface area contributed by atoms with Gasteiger partial charge in [-0.1, -0.05) is 12.1 Å². The Bertz CT molecular complexity index is 1220. The Balaban J connectivity index is 1.84. The van der Waals surface area contributed by atoms with Crippen molar-refractivity contribution in [3.05, 3.63) is 54.1 Å². The number of hydrogen-bond donors (Lipinski definition) is 1. The lowest BCUT2D eigenvalue weighted by Crippen LogP contribution is -2.40. The van der Waals surface area contributed by atoms with Crippen LogP contribution in [0.15, 0.2) is 53.4 Å². The molecule has 1 aliphatic heterocycles. The molecule has 1 aliphatic rings. The SMILES string of the molecule is COc1cccc(-c2cc(C(=O)O)c3cc(S(=O)(=O)N4CCOCC4)ccc3n2)c1. The van der Waals surface area contributed by atoms with E-state index in [9.17, 15) is 18.3 Å². The number of aromatic nitrogens is 1. The maximum absolute atomic E-state index is 13.0. The molecule has 1 N–H and O–H groups in total. The number of benzene rings is 2. The average molecular weight is 428 g/mol. The van der Waals surface area contributed by atoms with Crippen LogP contribution in [0.4, 0.5) is 0 Å². The first-order valence-corrected chi connectivity index (χ1v) is 10.7. The average Bonchev–Trinajstić information content (AvgIpc) is 2.78. The van der Waals surface area contributed by atoms with Crippen molar-refractivity contribution >= 4 is 26.9 Å². The van der Waals surface area contributed by atoms with Gasteiger partial charge in [-0.15, -0.1) is 0 Å². The quantitative estimate of drug-likeness (QED) is 0.666. The van der Waals surface area contributed by atoms with Crippen molar-refractivity contribution in [3.63, 3.8) is 0 Å². The lowest BCUT2D eigenvalue weighted by Gasteiger charge is -2.26. The fourth-order valence-electron chi connectivity index (χ4n) is 3.41. The van der Waals surface area contributed by atoms with Gasteiger partial charge < -0.3 is 14.6 Å². The van der Waals surface area contributed by atoms with E-state index >= 15 is 0 Å². The van der Waals surface area contributed by atoms with Crippen molar-refractivity contribution < 1.29 is 27.8 Å². The molecule has 0 atom stereocenters. The zero-order chi connectivity index (χ0) is 21.3. The number of aromatic carboxylic acids is 1. The van der Waals surface area contributed by atoms with Crippen molar-refractivity contribution in [2.75, 3.05) is 33.4 Å². The van der Waals surface area contributed by atoms with Gasteiger partial charge in [0, 0.05) is 24.0 Å². The summed E-state index contributed by atoms with van der Waals surface area (Å²) < 4.78 is 37.7. The Labute approximate surface area is 173 Å². The zero-order valence-corrected chi connectivity index (χ0v) is 17.1. The summed E-state index contributed by atoms with van der Waals surface area (Å²) in [5.74, 6) is -0.536. The van der Waals surface area contributed by atoms with Gasteiger partial charge in [-0.05, 0) is 36.4 Å². The summed E-state index contributed by atoms with van der Waals surface area (Å²) in [5.41, 5.74) is 1.54. The Hall–Kier alpha value is -3.01. The maximum Gasteiger partial charge on any atom is 0.336 e. The molecule has 3 aromatic rings. The molecule has 0 aliphatic carbocycles. The van der Waals surface area contributed by atoms with E-state index in [4.69, 9.17) is 9.47 Å². The minimum absolute atomic E-state index is 0.0168.